The first-order valence-electron chi connectivity index (χ1n) is 7.30. The molecule has 118 valence electrons. The van der Waals surface area contributed by atoms with Gasteiger partial charge in [0.2, 0.25) is 0 Å². The summed E-state index contributed by atoms with van der Waals surface area (Å²) in [5.41, 5.74) is 1.40. The van der Waals surface area contributed by atoms with E-state index in [2.05, 4.69) is 10.4 Å². The van der Waals surface area contributed by atoms with Crippen molar-refractivity contribution in [1.82, 2.24) is 15.1 Å². The summed E-state index contributed by atoms with van der Waals surface area (Å²) in [6, 6.07) is 5.23. The van der Waals surface area contributed by atoms with Crippen LogP contribution in [0.25, 0.3) is 0 Å². The smallest absolute Gasteiger partial charge is 0.269 e. The molecule has 22 heavy (non-hydrogen) atoms. The lowest BCUT2D eigenvalue weighted by molar-refractivity contribution is 0.0912. The van der Waals surface area contributed by atoms with Crippen LogP contribution in [0.3, 0.4) is 0 Å². The number of nitrogens with one attached hydrogen (secondary N) is 1. The minimum absolute atomic E-state index is 0.0516. The second kappa shape index (κ2) is 6.87. The molecule has 0 aliphatic carbocycles. The van der Waals surface area contributed by atoms with Crippen LogP contribution in [-0.4, -0.2) is 27.5 Å². The molecule has 2 heterocycles. The fourth-order valence-corrected chi connectivity index (χ4v) is 2.82. The van der Waals surface area contributed by atoms with Crippen molar-refractivity contribution >= 4 is 23.0 Å². The molecular weight excluding hydrogens is 298 g/mol. The van der Waals surface area contributed by atoms with E-state index in [9.17, 15) is 9.59 Å². The molecule has 0 unspecified atom stereocenters. The molecule has 0 aliphatic heterocycles. The number of amides is 1. The van der Waals surface area contributed by atoms with Crippen LogP contribution in [0.5, 0.6) is 0 Å². The van der Waals surface area contributed by atoms with Gasteiger partial charge in [0.25, 0.3) is 5.91 Å². The Morgan fingerprint density at radius 1 is 1.36 bits per heavy atom. The Labute approximate surface area is 134 Å². The summed E-state index contributed by atoms with van der Waals surface area (Å²) in [6.07, 6.45) is 0.293. The van der Waals surface area contributed by atoms with Gasteiger partial charge in [-0.05, 0) is 30.4 Å². The fourth-order valence-electron chi connectivity index (χ4n) is 2.15. The van der Waals surface area contributed by atoms with E-state index in [0.717, 1.165) is 10.6 Å². The summed E-state index contributed by atoms with van der Waals surface area (Å²) >= 11 is 1.42. The van der Waals surface area contributed by atoms with Crippen LogP contribution < -0.4 is 5.32 Å². The number of nitrogens with zero attached hydrogens (tertiary/aromatic N) is 2. The summed E-state index contributed by atoms with van der Waals surface area (Å²) in [5.74, 6) is 0.120. The maximum atomic E-state index is 12.3. The number of Topliss-reactive ketones (excluding diaryl/α,β-unsaturated/α-hetero) is 1. The Bertz CT molecular complexity index is 659. The van der Waals surface area contributed by atoms with E-state index in [1.165, 1.54) is 11.3 Å². The van der Waals surface area contributed by atoms with E-state index in [4.69, 9.17) is 0 Å². The molecule has 0 aliphatic rings. The number of hydrogen-bond acceptors (Lipinski definition) is 4. The van der Waals surface area contributed by atoms with Crippen LogP contribution in [0.1, 0.15) is 59.0 Å². The molecule has 0 radical (unpaired) electrons. The minimum atomic E-state index is -0.223. The molecule has 0 saturated heterocycles. The summed E-state index contributed by atoms with van der Waals surface area (Å²) < 4.78 is 1.58. The Kier molecular flexibility index (Phi) is 5.13. The zero-order valence-electron chi connectivity index (χ0n) is 13.3. The topological polar surface area (TPSA) is 64.0 Å². The van der Waals surface area contributed by atoms with E-state index < -0.39 is 0 Å². The van der Waals surface area contributed by atoms with Gasteiger partial charge in [-0.25, -0.2) is 0 Å². The second-order valence-electron chi connectivity index (χ2n) is 5.71. The molecule has 0 aromatic carbocycles. The standard InChI is InChI=1S/C16H21N3O2S/c1-10(2)12-9-13(19(4)18-12)16(21)17-11(3)8-14(20)15-6-5-7-22-15/h5-7,9-11H,8H2,1-4H3,(H,17,21)/t11-/m0/s1. The Hall–Kier alpha value is -1.95. The lowest BCUT2D eigenvalue weighted by Gasteiger charge is -2.12. The zero-order chi connectivity index (χ0) is 16.3. The minimum Gasteiger partial charge on any atom is -0.348 e. The molecule has 1 N–H and O–H groups in total. The van der Waals surface area contributed by atoms with Gasteiger partial charge < -0.3 is 5.32 Å². The molecule has 0 bridgehead atoms. The van der Waals surface area contributed by atoms with Crippen molar-refractivity contribution in [3.8, 4) is 0 Å². The van der Waals surface area contributed by atoms with Gasteiger partial charge in [0, 0.05) is 19.5 Å². The Morgan fingerprint density at radius 3 is 2.64 bits per heavy atom. The van der Waals surface area contributed by atoms with Crippen LogP contribution in [-0.2, 0) is 7.05 Å². The van der Waals surface area contributed by atoms with Gasteiger partial charge in [-0.2, -0.15) is 5.10 Å². The van der Waals surface area contributed by atoms with Crippen LogP contribution in [0.2, 0.25) is 0 Å². The summed E-state index contributed by atoms with van der Waals surface area (Å²) in [5, 5.41) is 9.07. The Morgan fingerprint density at radius 2 is 2.09 bits per heavy atom. The number of hydrogen-bond donors (Lipinski definition) is 1. The number of rotatable bonds is 6. The maximum absolute atomic E-state index is 12.3. The van der Waals surface area contributed by atoms with E-state index in [0.29, 0.717) is 12.1 Å². The lowest BCUT2D eigenvalue weighted by Crippen LogP contribution is -2.35. The normalized spacial score (nSPS) is 12.4. The molecule has 1 atom stereocenters. The third-order valence-corrected chi connectivity index (χ3v) is 4.30. The highest BCUT2D eigenvalue weighted by Crippen LogP contribution is 2.15. The van der Waals surface area contributed by atoms with Crippen molar-refractivity contribution in [3.05, 3.63) is 39.8 Å². The van der Waals surface area contributed by atoms with E-state index in [1.807, 2.05) is 32.2 Å². The number of carbonyl (C=O) groups excluding carboxylic acids is 2. The molecule has 0 spiro atoms. The molecule has 0 saturated carbocycles. The Balaban J connectivity index is 1.98. The molecule has 2 rings (SSSR count). The van der Waals surface area contributed by atoms with Gasteiger partial charge >= 0.3 is 0 Å². The highest BCUT2D eigenvalue weighted by Gasteiger charge is 2.18. The fraction of sp³-hybridized carbons (Fsp3) is 0.438. The SMILES string of the molecule is CC(C)c1cc(C(=O)N[C@@H](C)CC(=O)c2cccs2)n(C)n1. The zero-order valence-corrected chi connectivity index (χ0v) is 14.1. The number of ketones is 1. The van der Waals surface area contributed by atoms with Crippen molar-refractivity contribution in [1.29, 1.82) is 0 Å². The maximum Gasteiger partial charge on any atom is 0.269 e. The van der Waals surface area contributed by atoms with Crippen molar-refractivity contribution in [2.24, 2.45) is 7.05 Å². The highest BCUT2D eigenvalue weighted by atomic mass is 32.1. The first-order valence-corrected chi connectivity index (χ1v) is 8.18. The summed E-state index contributed by atoms with van der Waals surface area (Å²) in [6.45, 7) is 5.90. The number of aryl methyl sites for hydroxylation is 1. The number of aromatic nitrogens is 2. The predicted molar refractivity (Wildman–Crippen MR) is 87.5 cm³/mol. The first kappa shape index (κ1) is 16.4. The molecular formula is C16H21N3O2S. The number of thiophene rings is 1. The van der Waals surface area contributed by atoms with Crippen molar-refractivity contribution in [2.45, 2.75) is 39.2 Å². The van der Waals surface area contributed by atoms with Crippen LogP contribution in [0.4, 0.5) is 0 Å². The van der Waals surface area contributed by atoms with Gasteiger partial charge in [-0.15, -0.1) is 11.3 Å². The van der Waals surface area contributed by atoms with Gasteiger partial charge in [-0.1, -0.05) is 19.9 Å². The molecule has 2 aromatic rings. The third-order valence-electron chi connectivity index (χ3n) is 3.39. The van der Waals surface area contributed by atoms with Gasteiger partial charge in [0.05, 0.1) is 10.6 Å². The van der Waals surface area contributed by atoms with Crippen LogP contribution >= 0.6 is 11.3 Å². The van der Waals surface area contributed by atoms with E-state index in [1.54, 1.807) is 23.9 Å². The van der Waals surface area contributed by atoms with Crippen LogP contribution in [0, 0.1) is 0 Å². The van der Waals surface area contributed by atoms with Gasteiger partial charge in [0.15, 0.2) is 5.78 Å². The van der Waals surface area contributed by atoms with Crippen molar-refractivity contribution < 1.29 is 9.59 Å². The molecule has 5 nitrogen and oxygen atoms in total. The predicted octanol–water partition coefficient (Wildman–Crippen LogP) is 3.00. The van der Waals surface area contributed by atoms with E-state index >= 15 is 0 Å². The van der Waals surface area contributed by atoms with Crippen molar-refractivity contribution in [2.75, 3.05) is 0 Å². The van der Waals surface area contributed by atoms with Crippen LogP contribution in [0.15, 0.2) is 23.6 Å². The quantitative estimate of drug-likeness (QED) is 0.833. The number of carbonyl (C=O) groups is 2. The average Bonchev–Trinajstić information content (AvgIpc) is 3.07. The summed E-state index contributed by atoms with van der Waals surface area (Å²) in [7, 11) is 1.75. The van der Waals surface area contributed by atoms with Gasteiger partial charge in [0.1, 0.15) is 5.69 Å². The van der Waals surface area contributed by atoms with Gasteiger partial charge in [-0.3, -0.25) is 14.3 Å². The molecule has 1 amide bonds. The second-order valence-corrected chi connectivity index (χ2v) is 6.66. The largest absolute Gasteiger partial charge is 0.348 e. The average molecular weight is 319 g/mol. The van der Waals surface area contributed by atoms with Crippen molar-refractivity contribution in [3.63, 3.8) is 0 Å². The molecule has 0 fully saturated rings. The summed E-state index contributed by atoms with van der Waals surface area (Å²) in [4.78, 5) is 25.1. The monoisotopic (exact) mass is 319 g/mol. The highest BCUT2D eigenvalue weighted by molar-refractivity contribution is 7.12. The lowest BCUT2D eigenvalue weighted by atomic mass is 10.1. The van der Waals surface area contributed by atoms with E-state index in [-0.39, 0.29) is 23.7 Å². The third kappa shape index (κ3) is 3.82. The molecule has 2 aromatic heterocycles. The molecule has 6 heteroatoms. The first-order chi connectivity index (χ1) is 10.4.